The predicted molar refractivity (Wildman–Crippen MR) is 50.1 cm³/mol. The van der Waals surface area contributed by atoms with Crippen molar-refractivity contribution in [3.05, 3.63) is 24.8 Å². The van der Waals surface area contributed by atoms with E-state index in [0.29, 0.717) is 17.4 Å². The number of anilines is 1. The first kappa shape index (κ1) is 8.49. The van der Waals surface area contributed by atoms with Crippen molar-refractivity contribution in [2.75, 3.05) is 12.8 Å². The normalized spacial score (nSPS) is 10.1. The summed E-state index contributed by atoms with van der Waals surface area (Å²) >= 11 is 0. The molecule has 0 saturated heterocycles. The summed E-state index contributed by atoms with van der Waals surface area (Å²) in [5.74, 6) is 0.933. The van der Waals surface area contributed by atoms with Crippen molar-refractivity contribution < 1.29 is 4.74 Å². The van der Waals surface area contributed by atoms with Gasteiger partial charge in [-0.3, -0.25) is 0 Å². The van der Waals surface area contributed by atoms with E-state index in [1.54, 1.807) is 18.6 Å². The van der Waals surface area contributed by atoms with E-state index in [-0.39, 0.29) is 0 Å². The highest BCUT2D eigenvalue weighted by Gasteiger charge is 2.07. The molecule has 2 heterocycles. The van der Waals surface area contributed by atoms with Crippen molar-refractivity contribution in [3.8, 4) is 11.7 Å². The van der Waals surface area contributed by atoms with Gasteiger partial charge < -0.3 is 10.5 Å². The molecule has 0 aliphatic carbocycles. The summed E-state index contributed by atoms with van der Waals surface area (Å²) in [4.78, 5) is 8.09. The van der Waals surface area contributed by atoms with E-state index in [1.807, 2.05) is 0 Å². The number of rotatable bonds is 2. The van der Waals surface area contributed by atoms with Gasteiger partial charge in [0.15, 0.2) is 0 Å². The zero-order valence-electron chi connectivity index (χ0n) is 7.58. The summed E-state index contributed by atoms with van der Waals surface area (Å²) in [5.41, 5.74) is 6.10. The minimum Gasteiger partial charge on any atom is -0.478 e. The molecule has 0 radical (unpaired) electrons. The summed E-state index contributed by atoms with van der Waals surface area (Å²) < 4.78 is 6.55. The van der Waals surface area contributed by atoms with Crippen LogP contribution < -0.4 is 10.5 Å². The fraction of sp³-hybridized carbons (Fsp3) is 0.125. The largest absolute Gasteiger partial charge is 0.478 e. The first-order valence-corrected chi connectivity index (χ1v) is 3.97. The summed E-state index contributed by atoms with van der Waals surface area (Å²) in [6.07, 6.45) is 6.30. The van der Waals surface area contributed by atoms with E-state index in [9.17, 15) is 0 Å². The van der Waals surface area contributed by atoms with Gasteiger partial charge in [-0.15, -0.1) is 0 Å². The van der Waals surface area contributed by atoms with E-state index in [4.69, 9.17) is 10.5 Å². The van der Waals surface area contributed by atoms with Crippen LogP contribution >= 0.6 is 0 Å². The summed E-state index contributed by atoms with van der Waals surface area (Å²) in [6.45, 7) is 0. The molecule has 6 nitrogen and oxygen atoms in total. The van der Waals surface area contributed by atoms with Crippen LogP contribution in [0, 0.1) is 0 Å². The van der Waals surface area contributed by atoms with Gasteiger partial charge in [-0.05, 0) is 0 Å². The fourth-order valence-corrected chi connectivity index (χ4v) is 1.07. The molecule has 0 aliphatic heterocycles. The zero-order chi connectivity index (χ0) is 9.97. The number of nitrogens with two attached hydrogens (primary N) is 1. The third-order valence-electron chi connectivity index (χ3n) is 1.66. The Hall–Kier alpha value is -2.11. The molecule has 2 rings (SSSR count). The van der Waals surface area contributed by atoms with Crippen LogP contribution in [0.5, 0.6) is 5.88 Å². The molecule has 0 spiro atoms. The minimum atomic E-state index is 0.413. The van der Waals surface area contributed by atoms with Crippen molar-refractivity contribution in [2.24, 2.45) is 0 Å². The second kappa shape index (κ2) is 3.33. The molecule has 2 N–H and O–H groups in total. The Bertz CT molecular complexity index is 439. The summed E-state index contributed by atoms with van der Waals surface area (Å²) in [7, 11) is 1.53. The highest BCUT2D eigenvalue weighted by molar-refractivity contribution is 5.38. The van der Waals surface area contributed by atoms with Crippen LogP contribution in [-0.2, 0) is 0 Å². The lowest BCUT2D eigenvalue weighted by Crippen LogP contribution is -2.02. The Balaban J connectivity index is 2.50. The standard InChI is InChI=1S/C8H9N5O/c1-14-8-7(10-2-3-11-8)13-5-6(9)4-12-13/h2-5H,9H2,1H3. The molecule has 2 aromatic rings. The zero-order valence-corrected chi connectivity index (χ0v) is 7.58. The second-order valence-corrected chi connectivity index (χ2v) is 2.61. The first-order valence-electron chi connectivity index (χ1n) is 3.97. The Morgan fingerprint density at radius 1 is 1.36 bits per heavy atom. The van der Waals surface area contributed by atoms with E-state index < -0.39 is 0 Å². The van der Waals surface area contributed by atoms with Crippen molar-refractivity contribution >= 4 is 5.69 Å². The maximum absolute atomic E-state index is 5.54. The molecule has 0 fully saturated rings. The fourth-order valence-electron chi connectivity index (χ4n) is 1.07. The lowest BCUT2D eigenvalue weighted by atomic mass is 10.6. The molecule has 0 atom stereocenters. The topological polar surface area (TPSA) is 78.9 Å². The van der Waals surface area contributed by atoms with Gasteiger partial charge in [0.1, 0.15) is 0 Å². The van der Waals surface area contributed by atoms with Gasteiger partial charge in [-0.1, -0.05) is 0 Å². The molecular formula is C8H9N5O. The molecular weight excluding hydrogens is 182 g/mol. The highest BCUT2D eigenvalue weighted by atomic mass is 16.5. The van der Waals surface area contributed by atoms with Crippen molar-refractivity contribution in [2.45, 2.75) is 0 Å². The number of hydrogen-bond acceptors (Lipinski definition) is 5. The predicted octanol–water partition coefficient (Wildman–Crippen LogP) is 0.253. The van der Waals surface area contributed by atoms with Crippen LogP contribution in [0.3, 0.4) is 0 Å². The first-order chi connectivity index (χ1) is 6.81. The Labute approximate surface area is 80.4 Å². The lowest BCUT2D eigenvalue weighted by molar-refractivity contribution is 0.392. The van der Waals surface area contributed by atoms with Crippen LogP contribution in [0.4, 0.5) is 5.69 Å². The van der Waals surface area contributed by atoms with Gasteiger partial charge in [0.25, 0.3) is 5.88 Å². The minimum absolute atomic E-state index is 0.413. The maximum atomic E-state index is 5.54. The Morgan fingerprint density at radius 2 is 2.14 bits per heavy atom. The molecule has 72 valence electrons. The van der Waals surface area contributed by atoms with Gasteiger partial charge >= 0.3 is 0 Å². The van der Waals surface area contributed by atoms with Crippen LogP contribution in [0.25, 0.3) is 5.82 Å². The molecule has 0 unspecified atom stereocenters. The molecule has 0 amide bonds. The molecule has 2 aromatic heterocycles. The monoisotopic (exact) mass is 191 g/mol. The smallest absolute Gasteiger partial charge is 0.259 e. The highest BCUT2D eigenvalue weighted by Crippen LogP contribution is 2.15. The SMILES string of the molecule is COc1nccnc1-n1cc(N)cn1. The van der Waals surface area contributed by atoms with E-state index >= 15 is 0 Å². The van der Waals surface area contributed by atoms with Crippen LogP contribution in [-0.4, -0.2) is 26.9 Å². The van der Waals surface area contributed by atoms with Crippen LogP contribution in [0.2, 0.25) is 0 Å². The van der Waals surface area contributed by atoms with Gasteiger partial charge in [-0.2, -0.15) is 5.10 Å². The van der Waals surface area contributed by atoms with E-state index in [0.717, 1.165) is 0 Å². The van der Waals surface area contributed by atoms with Gasteiger partial charge in [0.05, 0.1) is 25.2 Å². The van der Waals surface area contributed by atoms with E-state index in [2.05, 4.69) is 15.1 Å². The molecule has 14 heavy (non-hydrogen) atoms. The Morgan fingerprint density at radius 3 is 2.79 bits per heavy atom. The van der Waals surface area contributed by atoms with Gasteiger partial charge in [-0.25, -0.2) is 14.6 Å². The third kappa shape index (κ3) is 1.37. The number of nitrogen functional groups attached to an aromatic ring is 1. The van der Waals surface area contributed by atoms with Crippen molar-refractivity contribution in [1.29, 1.82) is 0 Å². The van der Waals surface area contributed by atoms with E-state index in [1.165, 1.54) is 18.0 Å². The number of methoxy groups -OCH3 is 1. The average Bonchev–Trinajstić information content (AvgIpc) is 2.65. The van der Waals surface area contributed by atoms with Crippen molar-refractivity contribution in [1.82, 2.24) is 19.7 Å². The maximum Gasteiger partial charge on any atom is 0.259 e. The molecule has 6 heteroatoms. The molecule has 0 aliphatic rings. The summed E-state index contributed by atoms with van der Waals surface area (Å²) in [6, 6.07) is 0. The quantitative estimate of drug-likeness (QED) is 0.736. The number of hydrogen-bond donors (Lipinski definition) is 1. The lowest BCUT2D eigenvalue weighted by Gasteiger charge is -2.04. The van der Waals surface area contributed by atoms with Gasteiger partial charge in [0, 0.05) is 12.4 Å². The average molecular weight is 191 g/mol. The van der Waals surface area contributed by atoms with Crippen LogP contribution in [0.1, 0.15) is 0 Å². The number of aromatic nitrogens is 4. The molecule has 0 bridgehead atoms. The number of ether oxygens (including phenoxy) is 1. The van der Waals surface area contributed by atoms with Gasteiger partial charge in [0.2, 0.25) is 5.82 Å². The summed E-state index contributed by atoms with van der Waals surface area (Å²) in [5, 5.41) is 4.00. The van der Waals surface area contributed by atoms with Crippen molar-refractivity contribution in [3.63, 3.8) is 0 Å². The second-order valence-electron chi connectivity index (χ2n) is 2.61. The molecule has 0 aromatic carbocycles. The Kier molecular flexibility index (Phi) is 2.02. The van der Waals surface area contributed by atoms with Crippen LogP contribution in [0.15, 0.2) is 24.8 Å². The number of nitrogens with zero attached hydrogens (tertiary/aromatic N) is 4. The molecule has 0 saturated carbocycles. The third-order valence-corrected chi connectivity index (χ3v) is 1.66.